The Morgan fingerprint density at radius 2 is 2.21 bits per heavy atom. The molecule has 5 nitrogen and oxygen atoms in total. The van der Waals surface area contributed by atoms with E-state index in [9.17, 15) is 4.79 Å². The van der Waals surface area contributed by atoms with Crippen LogP contribution >= 0.6 is 11.8 Å². The third kappa shape index (κ3) is 2.35. The van der Waals surface area contributed by atoms with Gasteiger partial charge in [0.1, 0.15) is 17.7 Å². The smallest absolute Gasteiger partial charge is 0.256 e. The van der Waals surface area contributed by atoms with Crippen molar-refractivity contribution in [2.75, 3.05) is 5.75 Å². The van der Waals surface area contributed by atoms with Crippen LogP contribution in [-0.4, -0.2) is 16.7 Å². The van der Waals surface area contributed by atoms with Gasteiger partial charge in [-0.05, 0) is 0 Å². The van der Waals surface area contributed by atoms with Gasteiger partial charge in [-0.25, -0.2) is 4.99 Å². The zero-order valence-electron chi connectivity index (χ0n) is 7.15. The summed E-state index contributed by atoms with van der Waals surface area (Å²) in [7, 11) is 0. The Kier molecular flexibility index (Phi) is 3.27. The van der Waals surface area contributed by atoms with Crippen LogP contribution in [0.2, 0.25) is 0 Å². The van der Waals surface area contributed by atoms with Crippen molar-refractivity contribution >= 4 is 22.7 Å². The maximum absolute atomic E-state index is 10.7. The number of allylic oxidation sites excluding steroid dienone is 2. The molecule has 1 heterocycles. The monoisotopic (exact) mass is 206 g/mol. The van der Waals surface area contributed by atoms with Crippen LogP contribution in [0.15, 0.2) is 16.3 Å². The average molecular weight is 206 g/mol. The van der Waals surface area contributed by atoms with E-state index in [1.165, 1.54) is 11.8 Å². The van der Waals surface area contributed by atoms with Gasteiger partial charge in [0.2, 0.25) is 0 Å². The van der Waals surface area contributed by atoms with Gasteiger partial charge in [0, 0.05) is 12.1 Å². The number of nitrogens with zero attached hydrogens (tertiary/aromatic N) is 3. The standard InChI is InChI=1S/C8H6N4OS/c9-2-5(3-10)6(11)1-8-12-7(13)4-14-8/h1,4,11H2. The lowest BCUT2D eigenvalue weighted by molar-refractivity contribution is -0.115. The first-order valence-electron chi connectivity index (χ1n) is 3.69. The molecule has 0 atom stereocenters. The van der Waals surface area contributed by atoms with E-state index in [-0.39, 0.29) is 23.6 Å². The van der Waals surface area contributed by atoms with Crippen LogP contribution in [0.5, 0.6) is 0 Å². The summed E-state index contributed by atoms with van der Waals surface area (Å²) in [4.78, 5) is 14.4. The summed E-state index contributed by atoms with van der Waals surface area (Å²) >= 11 is 1.28. The fraction of sp³-hybridized carbons (Fsp3) is 0.250. The molecular weight excluding hydrogens is 200 g/mol. The molecule has 0 saturated carbocycles. The fourth-order valence-corrected chi connectivity index (χ4v) is 1.64. The third-order valence-electron chi connectivity index (χ3n) is 1.50. The van der Waals surface area contributed by atoms with E-state index in [0.29, 0.717) is 10.8 Å². The molecule has 0 bridgehead atoms. The molecule has 0 unspecified atom stereocenters. The maximum atomic E-state index is 10.7. The van der Waals surface area contributed by atoms with Gasteiger partial charge in [0.05, 0.1) is 10.8 Å². The minimum atomic E-state index is -0.201. The van der Waals surface area contributed by atoms with E-state index in [0.717, 1.165) is 0 Å². The number of carbonyl (C=O) groups is 1. The first-order chi connectivity index (χ1) is 6.67. The molecule has 2 N–H and O–H groups in total. The zero-order valence-corrected chi connectivity index (χ0v) is 7.97. The normalized spacial score (nSPS) is 14.1. The lowest BCUT2D eigenvalue weighted by Crippen LogP contribution is -2.05. The lowest BCUT2D eigenvalue weighted by Gasteiger charge is -1.98. The SMILES string of the molecule is N#CC(C#N)=C(N)CC1=NC(=O)CS1. The third-order valence-corrected chi connectivity index (χ3v) is 2.46. The van der Waals surface area contributed by atoms with E-state index < -0.39 is 0 Å². The van der Waals surface area contributed by atoms with Gasteiger partial charge in [-0.15, -0.1) is 11.8 Å². The highest BCUT2D eigenvalue weighted by atomic mass is 32.2. The van der Waals surface area contributed by atoms with Gasteiger partial charge in [-0.3, -0.25) is 4.79 Å². The Labute approximate surface area is 84.9 Å². The molecule has 6 heteroatoms. The number of hydrogen-bond acceptors (Lipinski definition) is 5. The number of nitrogens with two attached hydrogens (primary N) is 1. The van der Waals surface area contributed by atoms with E-state index in [2.05, 4.69) is 4.99 Å². The van der Waals surface area contributed by atoms with Crippen molar-refractivity contribution in [2.24, 2.45) is 10.7 Å². The van der Waals surface area contributed by atoms with Crippen molar-refractivity contribution in [3.8, 4) is 12.1 Å². The first-order valence-corrected chi connectivity index (χ1v) is 4.68. The molecule has 0 aromatic heterocycles. The molecule has 0 aromatic rings. The van der Waals surface area contributed by atoms with Crippen molar-refractivity contribution in [3.05, 3.63) is 11.3 Å². The van der Waals surface area contributed by atoms with Crippen LogP contribution in [0.3, 0.4) is 0 Å². The molecule has 0 aliphatic carbocycles. The van der Waals surface area contributed by atoms with E-state index in [1.807, 2.05) is 0 Å². The number of rotatable bonds is 2. The van der Waals surface area contributed by atoms with Crippen molar-refractivity contribution in [3.63, 3.8) is 0 Å². The number of hydrogen-bond donors (Lipinski definition) is 1. The predicted molar refractivity (Wildman–Crippen MR) is 52.0 cm³/mol. The van der Waals surface area contributed by atoms with E-state index >= 15 is 0 Å². The zero-order chi connectivity index (χ0) is 10.6. The van der Waals surface area contributed by atoms with E-state index in [4.69, 9.17) is 16.3 Å². The van der Waals surface area contributed by atoms with Gasteiger partial charge in [-0.2, -0.15) is 10.5 Å². The van der Waals surface area contributed by atoms with Crippen LogP contribution in [0.25, 0.3) is 0 Å². The summed E-state index contributed by atoms with van der Waals surface area (Å²) in [6.07, 6.45) is 0.201. The molecule has 0 aromatic carbocycles. The summed E-state index contributed by atoms with van der Waals surface area (Å²) < 4.78 is 0. The summed E-state index contributed by atoms with van der Waals surface area (Å²) in [5.41, 5.74) is 5.54. The van der Waals surface area contributed by atoms with Gasteiger partial charge in [0.15, 0.2) is 0 Å². The highest BCUT2D eigenvalue weighted by Crippen LogP contribution is 2.18. The summed E-state index contributed by atoms with van der Waals surface area (Å²) in [6, 6.07) is 3.36. The first kappa shape index (κ1) is 10.3. The second-order valence-electron chi connectivity index (χ2n) is 2.49. The lowest BCUT2D eigenvalue weighted by atomic mass is 10.2. The number of aliphatic imine (C=N–C) groups is 1. The fourth-order valence-electron chi connectivity index (χ4n) is 0.859. The number of thioether (sulfide) groups is 1. The van der Waals surface area contributed by atoms with Crippen LogP contribution in [0, 0.1) is 22.7 Å². The summed E-state index contributed by atoms with van der Waals surface area (Å²) in [5, 5.41) is 17.6. The molecular formula is C8H6N4OS. The molecule has 0 saturated heterocycles. The predicted octanol–water partition coefficient (Wildman–Crippen LogP) is 0.308. The van der Waals surface area contributed by atoms with Gasteiger partial charge in [-0.1, -0.05) is 0 Å². The average Bonchev–Trinajstić information content (AvgIpc) is 2.53. The van der Waals surface area contributed by atoms with Crippen LogP contribution in [0.1, 0.15) is 6.42 Å². The molecule has 14 heavy (non-hydrogen) atoms. The Bertz CT molecular complexity index is 394. The van der Waals surface area contributed by atoms with Gasteiger partial charge in [0.25, 0.3) is 5.91 Å². The second-order valence-corrected chi connectivity index (χ2v) is 3.54. The number of carbonyl (C=O) groups excluding carboxylic acids is 1. The summed E-state index contributed by atoms with van der Waals surface area (Å²) in [5.74, 6) is 0.116. The maximum Gasteiger partial charge on any atom is 0.256 e. The summed E-state index contributed by atoms with van der Waals surface area (Å²) in [6.45, 7) is 0. The minimum Gasteiger partial charge on any atom is -0.400 e. The van der Waals surface area contributed by atoms with Crippen LogP contribution < -0.4 is 5.73 Å². The molecule has 1 rings (SSSR count). The molecule has 0 spiro atoms. The Balaban J connectivity index is 2.77. The van der Waals surface area contributed by atoms with Crippen molar-refractivity contribution in [1.82, 2.24) is 0 Å². The Morgan fingerprint density at radius 1 is 1.57 bits per heavy atom. The van der Waals surface area contributed by atoms with Crippen LogP contribution in [-0.2, 0) is 4.79 Å². The number of nitriles is 2. The number of amides is 1. The van der Waals surface area contributed by atoms with Crippen molar-refractivity contribution in [1.29, 1.82) is 10.5 Å². The van der Waals surface area contributed by atoms with Gasteiger partial charge < -0.3 is 5.73 Å². The molecule has 0 fully saturated rings. The van der Waals surface area contributed by atoms with Crippen molar-refractivity contribution < 1.29 is 4.79 Å². The molecule has 70 valence electrons. The molecule has 0 radical (unpaired) electrons. The molecule has 1 amide bonds. The van der Waals surface area contributed by atoms with E-state index in [1.54, 1.807) is 12.1 Å². The van der Waals surface area contributed by atoms with Crippen LogP contribution in [0.4, 0.5) is 0 Å². The minimum absolute atomic E-state index is 0.118. The molecule has 1 aliphatic rings. The highest BCUT2D eigenvalue weighted by Gasteiger charge is 2.16. The second kappa shape index (κ2) is 4.45. The molecule has 1 aliphatic heterocycles. The Morgan fingerprint density at radius 3 is 2.64 bits per heavy atom. The topological polar surface area (TPSA) is 103 Å². The quantitative estimate of drug-likeness (QED) is 0.655. The Hall–Kier alpha value is -1.79. The largest absolute Gasteiger partial charge is 0.400 e. The van der Waals surface area contributed by atoms with Gasteiger partial charge >= 0.3 is 0 Å². The highest BCUT2D eigenvalue weighted by molar-refractivity contribution is 8.15. The van der Waals surface area contributed by atoms with Crippen molar-refractivity contribution in [2.45, 2.75) is 6.42 Å².